The highest BCUT2D eigenvalue weighted by molar-refractivity contribution is 5.09. The Morgan fingerprint density at radius 2 is 1.04 bits per heavy atom. The summed E-state index contributed by atoms with van der Waals surface area (Å²) < 4.78 is 40.5. The number of ether oxygens (including phenoxy) is 3. The van der Waals surface area contributed by atoms with Gasteiger partial charge in [0.1, 0.15) is 19.7 Å². The van der Waals surface area contributed by atoms with Crippen LogP contribution in [0.2, 0.25) is 0 Å². The van der Waals surface area contributed by atoms with Gasteiger partial charge in [-0.25, -0.2) is 0 Å². The molecule has 1 heterocycles. The lowest BCUT2D eigenvalue weighted by Crippen LogP contribution is -2.47. The number of aromatic nitrogens is 3. The highest BCUT2D eigenvalue weighted by Gasteiger charge is 2.60. The van der Waals surface area contributed by atoms with E-state index in [1.165, 1.54) is 0 Å². The lowest BCUT2D eigenvalue weighted by molar-refractivity contribution is -0.832. The van der Waals surface area contributed by atoms with Crippen molar-refractivity contribution in [3.8, 4) is 18.0 Å². The van der Waals surface area contributed by atoms with Crippen LogP contribution in [-0.2, 0) is 0 Å². The zero-order valence-electron chi connectivity index (χ0n) is 13.3. The first-order valence-electron chi connectivity index (χ1n) is 6.38. The minimum Gasteiger partial charge on any atom is -0.467 e. The molecule has 0 aliphatic carbocycles. The lowest BCUT2D eigenvalue weighted by atomic mass is 10.5. The maximum Gasteiger partial charge on any atom is 0.648 e. The molecule has 154 valence electrons. The Kier molecular flexibility index (Phi) is 6.30. The summed E-state index contributed by atoms with van der Waals surface area (Å²) in [7, 11) is 0.948. The minimum absolute atomic E-state index is 0.724. The van der Waals surface area contributed by atoms with Crippen LogP contribution in [0.25, 0.3) is 0 Å². The normalized spacial score (nSPS) is 11.4. The van der Waals surface area contributed by atoms with E-state index < -0.39 is 62.8 Å². The predicted molar refractivity (Wildman–Crippen MR) is 73.0 cm³/mol. The molecule has 0 fully saturated rings. The van der Waals surface area contributed by atoms with Gasteiger partial charge >= 0.3 is 29.9 Å². The average molecular weight is 415 g/mol. The van der Waals surface area contributed by atoms with Crippen LogP contribution in [0.15, 0.2) is 0 Å². The van der Waals surface area contributed by atoms with Gasteiger partial charge in [-0.3, -0.25) is 40.5 Å². The molecule has 0 bridgehead atoms. The molecule has 28 heavy (non-hydrogen) atoms. The van der Waals surface area contributed by atoms with Crippen molar-refractivity contribution >= 4 is 0 Å². The molecule has 0 spiro atoms. The van der Waals surface area contributed by atoms with Gasteiger partial charge in [0.05, 0.1) is 7.11 Å². The van der Waals surface area contributed by atoms with E-state index in [1.54, 1.807) is 0 Å². The van der Waals surface area contributed by atoms with Crippen molar-refractivity contribution in [1.29, 1.82) is 0 Å². The fraction of sp³-hybridized carbons (Fsp3) is 0.625. The Hall–Kier alpha value is -4.13. The van der Waals surface area contributed by atoms with Crippen molar-refractivity contribution in [2.45, 2.75) is 11.8 Å². The molecule has 0 radical (unpaired) electrons. The SMILES string of the molecule is COc1nc(OCC(F)([N+](=O)[O-])[N+](=O)[O-])nc(OCC(F)([N+](=O)[O-])[N+](=O)[O-])n1. The number of hydrogen-bond donors (Lipinski definition) is 0. The van der Waals surface area contributed by atoms with E-state index in [2.05, 4.69) is 29.2 Å². The van der Waals surface area contributed by atoms with E-state index in [-0.39, 0.29) is 0 Å². The number of alkyl halides is 2. The molecule has 0 saturated carbocycles. The summed E-state index contributed by atoms with van der Waals surface area (Å²) in [6.45, 7) is -3.67. The van der Waals surface area contributed by atoms with Crippen LogP contribution >= 0.6 is 0 Å². The van der Waals surface area contributed by atoms with Gasteiger partial charge in [-0.15, -0.1) is 15.0 Å². The van der Waals surface area contributed by atoms with Gasteiger partial charge in [-0.2, -0.15) is 0 Å². The smallest absolute Gasteiger partial charge is 0.467 e. The lowest BCUT2D eigenvalue weighted by Gasteiger charge is -2.11. The van der Waals surface area contributed by atoms with E-state index in [9.17, 15) is 49.2 Å². The van der Waals surface area contributed by atoms with Crippen LogP contribution in [0, 0.1) is 40.5 Å². The van der Waals surface area contributed by atoms with Crippen LogP contribution in [0.3, 0.4) is 0 Å². The van der Waals surface area contributed by atoms with Gasteiger partial charge < -0.3 is 14.2 Å². The molecule has 0 unspecified atom stereocenters. The first-order valence-corrected chi connectivity index (χ1v) is 6.38. The number of methoxy groups -OCH3 is 1. The molecule has 1 aromatic rings. The standard InChI is InChI=1S/C8H7F2N7O11/c1-26-4-11-5(27-2-7(9,14(18)19)15(20)21)13-6(12-4)28-3-8(10,16(22)23)17(24)25/h2-3H2,1H3. The molecular weight excluding hydrogens is 408 g/mol. The van der Waals surface area contributed by atoms with Crippen molar-refractivity contribution < 1.29 is 42.7 Å². The molecule has 0 amide bonds. The van der Waals surface area contributed by atoms with Gasteiger partial charge in [-0.1, -0.05) is 8.78 Å². The third-order valence-electron chi connectivity index (χ3n) is 2.65. The second kappa shape index (κ2) is 8.05. The highest BCUT2D eigenvalue weighted by atomic mass is 19.2. The fourth-order valence-corrected chi connectivity index (χ4v) is 1.20. The van der Waals surface area contributed by atoms with Gasteiger partial charge in [-0.05, 0) is 0 Å². The first kappa shape index (κ1) is 21.9. The molecule has 0 N–H and O–H groups in total. The largest absolute Gasteiger partial charge is 0.648 e. The second-order valence-corrected chi connectivity index (χ2v) is 4.43. The molecule has 0 aliphatic rings. The molecule has 0 saturated heterocycles. The number of nitro groups is 4. The molecule has 20 heteroatoms. The van der Waals surface area contributed by atoms with Gasteiger partial charge in [0.15, 0.2) is 0 Å². The van der Waals surface area contributed by atoms with E-state index in [0.29, 0.717) is 0 Å². The molecular formula is C8H7F2N7O11. The zero-order valence-corrected chi connectivity index (χ0v) is 13.3. The summed E-state index contributed by atoms with van der Waals surface area (Å²) in [5.74, 6) is -8.57. The van der Waals surface area contributed by atoms with Crippen molar-refractivity contribution in [3.63, 3.8) is 0 Å². The summed E-state index contributed by atoms with van der Waals surface area (Å²) in [4.78, 5) is 43.9. The van der Waals surface area contributed by atoms with Crippen molar-refractivity contribution in [3.05, 3.63) is 40.5 Å². The molecule has 0 aliphatic heterocycles. The van der Waals surface area contributed by atoms with Crippen LogP contribution < -0.4 is 14.2 Å². The Morgan fingerprint density at radius 1 is 0.750 bits per heavy atom. The molecule has 1 rings (SSSR count). The van der Waals surface area contributed by atoms with Gasteiger partial charge in [0.25, 0.3) is 13.2 Å². The zero-order chi connectivity index (χ0) is 21.7. The Balaban J connectivity index is 3.06. The number of halogens is 2. The summed E-state index contributed by atoms with van der Waals surface area (Å²) >= 11 is 0. The Morgan fingerprint density at radius 3 is 1.29 bits per heavy atom. The second-order valence-electron chi connectivity index (χ2n) is 4.43. The maximum atomic E-state index is 13.6. The van der Waals surface area contributed by atoms with Crippen LogP contribution in [0.5, 0.6) is 18.0 Å². The van der Waals surface area contributed by atoms with E-state index >= 15 is 0 Å². The number of hydrogen-bond acceptors (Lipinski definition) is 14. The predicted octanol–water partition coefficient (Wildman–Crippen LogP) is -1.01. The van der Waals surface area contributed by atoms with E-state index in [1.807, 2.05) is 0 Å². The third-order valence-corrected chi connectivity index (χ3v) is 2.65. The minimum atomic E-state index is -4.29. The fourth-order valence-electron chi connectivity index (χ4n) is 1.20. The van der Waals surface area contributed by atoms with Crippen LogP contribution in [0.4, 0.5) is 8.78 Å². The Labute approximate surface area is 149 Å². The topological polar surface area (TPSA) is 239 Å². The molecule has 0 atom stereocenters. The summed E-state index contributed by atoms with van der Waals surface area (Å²) in [6.07, 6.45) is 0. The monoisotopic (exact) mass is 415 g/mol. The van der Waals surface area contributed by atoms with E-state index in [0.717, 1.165) is 7.11 Å². The third kappa shape index (κ3) is 4.53. The quantitative estimate of drug-likeness (QED) is 0.182. The maximum absolute atomic E-state index is 13.6. The van der Waals surface area contributed by atoms with Crippen LogP contribution in [0.1, 0.15) is 0 Å². The first-order chi connectivity index (χ1) is 12.9. The van der Waals surface area contributed by atoms with E-state index in [4.69, 9.17) is 0 Å². The van der Waals surface area contributed by atoms with Crippen molar-refractivity contribution in [2.24, 2.45) is 0 Å². The van der Waals surface area contributed by atoms with Crippen molar-refractivity contribution in [2.75, 3.05) is 20.3 Å². The highest BCUT2D eigenvalue weighted by Crippen LogP contribution is 2.20. The summed E-state index contributed by atoms with van der Waals surface area (Å²) in [5, 5.41) is 41.8. The molecule has 0 aromatic carbocycles. The van der Waals surface area contributed by atoms with Gasteiger partial charge in [0, 0.05) is 0 Å². The average Bonchev–Trinajstić information content (AvgIpc) is 2.63. The Bertz CT molecular complexity index is 719. The van der Waals surface area contributed by atoms with Crippen molar-refractivity contribution in [1.82, 2.24) is 15.0 Å². The summed E-state index contributed by atoms with van der Waals surface area (Å²) in [6, 6.07) is -2.86. The summed E-state index contributed by atoms with van der Waals surface area (Å²) in [5.41, 5.74) is 0. The number of rotatable bonds is 11. The molecule has 18 nitrogen and oxygen atoms in total. The molecule has 1 aromatic heterocycles. The number of nitrogens with zero attached hydrogens (tertiary/aromatic N) is 7. The van der Waals surface area contributed by atoms with Crippen LogP contribution in [-0.4, -0.2) is 66.8 Å². The van der Waals surface area contributed by atoms with Gasteiger partial charge in [0.2, 0.25) is 0 Å².